The third kappa shape index (κ3) is 8.87. The van der Waals surface area contributed by atoms with Crippen molar-refractivity contribution in [2.45, 2.75) is 11.0 Å². The minimum Gasteiger partial charge on any atom is -0.211 e. The van der Waals surface area contributed by atoms with Crippen LogP contribution in [-0.2, 0) is 32.9 Å². The van der Waals surface area contributed by atoms with Gasteiger partial charge in [-0.2, -0.15) is 43.2 Å². The van der Waals surface area contributed by atoms with Crippen molar-refractivity contribution in [3.63, 3.8) is 0 Å². The van der Waals surface area contributed by atoms with Gasteiger partial charge in [0.15, 0.2) is 0 Å². The van der Waals surface area contributed by atoms with Gasteiger partial charge in [-0.3, -0.25) is 0 Å². The maximum absolute atomic E-state index is 11.4. The Labute approximate surface area is 123 Å². The van der Waals surface area contributed by atoms with E-state index < -0.39 is 45.5 Å². The summed E-state index contributed by atoms with van der Waals surface area (Å²) >= 11 is 4.76. The Balaban J connectivity index is 0. The second kappa shape index (κ2) is 7.03. The van der Waals surface area contributed by atoms with Crippen LogP contribution in [0.25, 0.3) is 0 Å². The zero-order chi connectivity index (χ0) is 17.9. The van der Waals surface area contributed by atoms with Gasteiger partial charge in [-0.25, -0.2) is 8.42 Å². The summed E-state index contributed by atoms with van der Waals surface area (Å²) in [5.74, 6) is 0. The fourth-order valence-electron chi connectivity index (χ4n) is 0.195. The van der Waals surface area contributed by atoms with Crippen molar-refractivity contribution in [1.82, 2.24) is 0 Å². The van der Waals surface area contributed by atoms with Crippen LogP contribution in [0.5, 0.6) is 0 Å². The molecule has 0 aliphatic rings. The van der Waals surface area contributed by atoms with E-state index in [0.29, 0.717) is 0 Å². The summed E-state index contributed by atoms with van der Waals surface area (Å²) in [4.78, 5) is 0. The molecule has 0 N–H and O–H groups in total. The zero-order valence-electron chi connectivity index (χ0n) is 8.81. The lowest BCUT2D eigenvalue weighted by Gasteiger charge is -2.09. The van der Waals surface area contributed by atoms with E-state index in [1.54, 1.807) is 0 Å². The lowest BCUT2D eigenvalue weighted by atomic mass is 11.6. The van der Waals surface area contributed by atoms with Crippen LogP contribution >= 0.6 is 22.3 Å². The summed E-state index contributed by atoms with van der Waals surface area (Å²) in [5.41, 5.74) is -12.5. The molecule has 0 aliphatic carbocycles. The van der Waals surface area contributed by atoms with E-state index in [2.05, 4.69) is 10.7 Å². The minimum atomic E-state index is -6.85. The molecule has 0 amide bonds. The van der Waals surface area contributed by atoms with Crippen molar-refractivity contribution in [3.05, 3.63) is 0 Å². The number of rotatable bonds is 3. The molecule has 0 aromatic rings. The van der Waals surface area contributed by atoms with E-state index in [9.17, 15) is 51.6 Å². The average molecular weight is 431 g/mol. The van der Waals surface area contributed by atoms with E-state index in [4.69, 9.17) is 11.6 Å². The molecular formula is C3H2Cl2F6O7S3. The van der Waals surface area contributed by atoms with Crippen LogP contribution in [0.1, 0.15) is 0 Å². The molecule has 18 heteroatoms. The SMILES string of the molecule is O=S(=O)(Cl)CCl.O=S(=O)(OS(=O)(=O)C(F)(F)F)C(F)(F)F. The highest BCUT2D eigenvalue weighted by atomic mass is 35.7. The number of hydrogen-bond donors (Lipinski definition) is 0. The van der Waals surface area contributed by atoms with Gasteiger partial charge >= 0.3 is 31.3 Å². The fourth-order valence-corrected chi connectivity index (χ4v) is 1.76. The van der Waals surface area contributed by atoms with E-state index >= 15 is 0 Å². The standard InChI is InChI=1S/C2F6O5S2.CH2Cl2O2S/c3-1(4,5)14(9,10)13-15(11,12)2(6,7)8;2-1-6(3,4)5/h;1H2. The van der Waals surface area contributed by atoms with Gasteiger partial charge in [0.05, 0.1) is 0 Å². The molecule has 0 unspecified atom stereocenters. The second-order valence-corrected chi connectivity index (χ2v) is 9.16. The molecule has 0 radical (unpaired) electrons. The summed E-state index contributed by atoms with van der Waals surface area (Å²) in [5, 5.41) is -0.519. The normalized spacial score (nSPS) is 14.3. The van der Waals surface area contributed by atoms with Gasteiger partial charge in [-0.1, -0.05) is 0 Å². The molecule has 0 aromatic carbocycles. The van der Waals surface area contributed by atoms with Gasteiger partial charge in [-0.15, -0.1) is 15.2 Å². The minimum absolute atomic E-state index is 0.519. The third-order valence-corrected chi connectivity index (χ3v) is 5.23. The Hall–Kier alpha value is -0.0300. The number of hydrogen-bond acceptors (Lipinski definition) is 7. The van der Waals surface area contributed by atoms with Crippen molar-refractivity contribution in [3.8, 4) is 0 Å². The van der Waals surface area contributed by atoms with Crippen LogP contribution < -0.4 is 0 Å². The zero-order valence-corrected chi connectivity index (χ0v) is 12.8. The van der Waals surface area contributed by atoms with Crippen LogP contribution in [0.4, 0.5) is 26.3 Å². The number of alkyl halides is 7. The van der Waals surface area contributed by atoms with E-state index in [0.717, 1.165) is 0 Å². The summed E-state index contributed by atoms with van der Waals surface area (Å²) in [7, 11) is -12.6. The summed E-state index contributed by atoms with van der Waals surface area (Å²) in [6, 6.07) is 0. The Morgan fingerprint density at radius 3 is 1.05 bits per heavy atom. The van der Waals surface area contributed by atoms with Crippen LogP contribution in [0.15, 0.2) is 0 Å². The van der Waals surface area contributed by atoms with Crippen LogP contribution in [0.2, 0.25) is 0 Å². The third-order valence-electron chi connectivity index (χ3n) is 0.876. The lowest BCUT2D eigenvalue weighted by Crippen LogP contribution is -2.34. The molecule has 0 rings (SSSR count). The first-order valence-electron chi connectivity index (χ1n) is 3.59. The van der Waals surface area contributed by atoms with Gasteiger partial charge in [-0.05, 0) is 0 Å². The molecule has 0 saturated heterocycles. The second-order valence-electron chi connectivity index (χ2n) is 2.52. The number of halogens is 8. The molecule has 7 nitrogen and oxygen atoms in total. The van der Waals surface area contributed by atoms with Gasteiger partial charge in [0, 0.05) is 10.7 Å². The fraction of sp³-hybridized carbons (Fsp3) is 1.00. The first-order chi connectivity index (χ1) is 8.77. The maximum atomic E-state index is 11.4. The summed E-state index contributed by atoms with van der Waals surface area (Å²) in [6.45, 7) is 0. The van der Waals surface area contributed by atoms with E-state index in [-0.39, 0.29) is 0 Å². The Bertz CT molecular complexity index is 601. The van der Waals surface area contributed by atoms with Crippen molar-refractivity contribution >= 4 is 51.6 Å². The predicted molar refractivity (Wildman–Crippen MR) is 56.5 cm³/mol. The summed E-state index contributed by atoms with van der Waals surface area (Å²) in [6.07, 6.45) is 0. The van der Waals surface area contributed by atoms with Crippen LogP contribution in [-0.4, -0.2) is 41.5 Å². The monoisotopic (exact) mass is 430 g/mol. The van der Waals surface area contributed by atoms with Crippen molar-refractivity contribution in [2.75, 3.05) is 5.21 Å². The Morgan fingerprint density at radius 2 is 0.952 bits per heavy atom. The van der Waals surface area contributed by atoms with Crippen molar-refractivity contribution in [2.24, 2.45) is 0 Å². The molecular weight excluding hydrogens is 429 g/mol. The van der Waals surface area contributed by atoms with Gasteiger partial charge < -0.3 is 0 Å². The highest BCUT2D eigenvalue weighted by molar-refractivity contribution is 8.14. The molecule has 0 atom stereocenters. The van der Waals surface area contributed by atoms with Gasteiger partial charge in [0.1, 0.15) is 5.21 Å². The molecule has 0 spiro atoms. The Kier molecular flexibility index (Phi) is 7.78. The molecule has 0 aromatic heterocycles. The Morgan fingerprint density at radius 1 is 0.762 bits per heavy atom. The largest absolute Gasteiger partial charge is 0.524 e. The molecule has 0 bridgehead atoms. The highest BCUT2D eigenvalue weighted by Crippen LogP contribution is 2.32. The lowest BCUT2D eigenvalue weighted by molar-refractivity contribution is -0.0585. The van der Waals surface area contributed by atoms with Crippen LogP contribution in [0.3, 0.4) is 0 Å². The van der Waals surface area contributed by atoms with Crippen LogP contribution in [0, 0.1) is 0 Å². The van der Waals surface area contributed by atoms with E-state index in [1.165, 1.54) is 0 Å². The van der Waals surface area contributed by atoms with Crippen molar-refractivity contribution in [1.29, 1.82) is 0 Å². The quantitative estimate of drug-likeness (QED) is 0.288. The summed E-state index contributed by atoms with van der Waals surface area (Å²) < 4.78 is 129. The molecule has 0 fully saturated rings. The molecule has 130 valence electrons. The van der Waals surface area contributed by atoms with E-state index in [1.807, 2.05) is 3.63 Å². The van der Waals surface area contributed by atoms with Gasteiger partial charge in [0.25, 0.3) is 0 Å². The topological polar surface area (TPSA) is 112 Å². The highest BCUT2D eigenvalue weighted by Gasteiger charge is 2.57. The smallest absolute Gasteiger partial charge is 0.211 e. The molecule has 0 aliphatic heterocycles. The first-order valence-corrected chi connectivity index (χ1v) is 9.42. The maximum Gasteiger partial charge on any atom is 0.524 e. The molecule has 0 heterocycles. The van der Waals surface area contributed by atoms with Crippen molar-refractivity contribution < 1.29 is 55.2 Å². The van der Waals surface area contributed by atoms with Gasteiger partial charge in [0.2, 0.25) is 9.05 Å². The first kappa shape index (κ1) is 23.2. The molecule has 21 heavy (non-hydrogen) atoms. The predicted octanol–water partition coefficient (Wildman–Crippen LogP) is 1.45. The molecule has 0 saturated carbocycles. The average Bonchev–Trinajstić information content (AvgIpc) is 2.12.